The summed E-state index contributed by atoms with van der Waals surface area (Å²) in [5, 5.41) is 3.91. The lowest BCUT2D eigenvalue weighted by Gasteiger charge is -2.29. The molecule has 124 valence electrons. The fraction of sp³-hybridized carbons (Fsp3) is 0.350. The Labute approximate surface area is 147 Å². The SMILES string of the molecule is O=C(NCC1(c2ccc(Cl)cc2)CC1)N1CCc2ccccc2C1. The number of rotatable bonds is 3. The maximum atomic E-state index is 12.6. The summed E-state index contributed by atoms with van der Waals surface area (Å²) in [5.74, 6) is 0. The van der Waals surface area contributed by atoms with Crippen molar-refractivity contribution in [3.63, 3.8) is 0 Å². The maximum Gasteiger partial charge on any atom is 0.317 e. The van der Waals surface area contributed by atoms with Gasteiger partial charge in [0, 0.05) is 30.1 Å². The van der Waals surface area contributed by atoms with Crippen molar-refractivity contribution in [1.29, 1.82) is 0 Å². The van der Waals surface area contributed by atoms with Crippen LogP contribution in [0.1, 0.15) is 29.5 Å². The first-order valence-electron chi connectivity index (χ1n) is 8.52. The van der Waals surface area contributed by atoms with Gasteiger partial charge in [-0.1, -0.05) is 48.0 Å². The van der Waals surface area contributed by atoms with Gasteiger partial charge in [-0.3, -0.25) is 0 Å². The van der Waals surface area contributed by atoms with E-state index in [1.54, 1.807) is 0 Å². The van der Waals surface area contributed by atoms with Crippen molar-refractivity contribution < 1.29 is 4.79 Å². The molecule has 1 heterocycles. The Kier molecular flexibility index (Phi) is 3.97. The summed E-state index contributed by atoms with van der Waals surface area (Å²) in [6.07, 6.45) is 3.18. The number of fused-ring (bicyclic) bond motifs is 1. The highest BCUT2D eigenvalue weighted by Gasteiger charge is 2.44. The molecule has 0 spiro atoms. The minimum atomic E-state index is 0.0461. The molecule has 0 saturated heterocycles. The third-order valence-corrected chi connectivity index (χ3v) is 5.56. The van der Waals surface area contributed by atoms with Crippen molar-refractivity contribution in [2.45, 2.75) is 31.2 Å². The second-order valence-electron chi connectivity index (χ2n) is 6.89. The molecule has 0 unspecified atom stereocenters. The number of urea groups is 1. The first-order valence-corrected chi connectivity index (χ1v) is 8.90. The van der Waals surface area contributed by atoms with Crippen LogP contribution < -0.4 is 5.32 Å². The molecule has 4 rings (SSSR count). The Morgan fingerprint density at radius 2 is 1.79 bits per heavy atom. The number of halogens is 1. The van der Waals surface area contributed by atoms with Gasteiger partial charge in [-0.25, -0.2) is 4.79 Å². The number of nitrogens with one attached hydrogen (secondary N) is 1. The summed E-state index contributed by atoms with van der Waals surface area (Å²) in [4.78, 5) is 14.5. The van der Waals surface area contributed by atoms with Crippen molar-refractivity contribution in [3.8, 4) is 0 Å². The summed E-state index contributed by atoms with van der Waals surface area (Å²) in [6, 6.07) is 16.5. The van der Waals surface area contributed by atoms with E-state index in [1.807, 2.05) is 23.1 Å². The van der Waals surface area contributed by atoms with Crippen LogP contribution in [0.5, 0.6) is 0 Å². The van der Waals surface area contributed by atoms with Gasteiger partial charge in [0.25, 0.3) is 0 Å². The Morgan fingerprint density at radius 3 is 2.50 bits per heavy atom. The average Bonchev–Trinajstić information content (AvgIpc) is 3.41. The van der Waals surface area contributed by atoms with Crippen LogP contribution in [0.15, 0.2) is 48.5 Å². The Balaban J connectivity index is 1.38. The average molecular weight is 341 g/mol. The highest BCUT2D eigenvalue weighted by atomic mass is 35.5. The molecule has 4 heteroatoms. The van der Waals surface area contributed by atoms with E-state index in [9.17, 15) is 4.79 Å². The molecule has 1 aliphatic heterocycles. The molecule has 0 bridgehead atoms. The maximum absolute atomic E-state index is 12.6. The van der Waals surface area contributed by atoms with Crippen molar-refractivity contribution in [1.82, 2.24) is 10.2 Å². The van der Waals surface area contributed by atoms with Crippen LogP contribution in [0.3, 0.4) is 0 Å². The number of carbonyl (C=O) groups is 1. The number of amides is 2. The van der Waals surface area contributed by atoms with Crippen molar-refractivity contribution in [2.24, 2.45) is 0 Å². The zero-order valence-corrected chi connectivity index (χ0v) is 14.4. The second-order valence-corrected chi connectivity index (χ2v) is 7.32. The van der Waals surface area contributed by atoms with E-state index in [-0.39, 0.29) is 11.4 Å². The van der Waals surface area contributed by atoms with Crippen LogP contribution in [-0.2, 0) is 18.4 Å². The van der Waals surface area contributed by atoms with E-state index in [2.05, 4.69) is 35.6 Å². The van der Waals surface area contributed by atoms with E-state index in [4.69, 9.17) is 11.6 Å². The molecule has 2 aromatic rings. The topological polar surface area (TPSA) is 32.3 Å². The van der Waals surface area contributed by atoms with Crippen LogP contribution in [0.25, 0.3) is 0 Å². The molecule has 3 nitrogen and oxygen atoms in total. The van der Waals surface area contributed by atoms with Crippen LogP contribution in [-0.4, -0.2) is 24.0 Å². The van der Waals surface area contributed by atoms with Gasteiger partial charge < -0.3 is 10.2 Å². The van der Waals surface area contributed by atoms with Gasteiger partial charge in [0.2, 0.25) is 0 Å². The van der Waals surface area contributed by atoms with E-state index < -0.39 is 0 Å². The minimum Gasteiger partial charge on any atom is -0.337 e. The Hall–Kier alpha value is -2.00. The van der Waals surface area contributed by atoms with Gasteiger partial charge >= 0.3 is 6.03 Å². The third-order valence-electron chi connectivity index (χ3n) is 5.31. The highest BCUT2D eigenvalue weighted by Crippen LogP contribution is 2.47. The Bertz CT molecular complexity index is 752. The van der Waals surface area contributed by atoms with E-state index >= 15 is 0 Å². The number of carbonyl (C=O) groups excluding carboxylic acids is 1. The van der Waals surface area contributed by atoms with E-state index in [0.717, 1.165) is 30.8 Å². The molecule has 2 aliphatic rings. The van der Waals surface area contributed by atoms with Gasteiger partial charge in [-0.05, 0) is 48.1 Å². The first-order chi connectivity index (χ1) is 11.7. The van der Waals surface area contributed by atoms with Crippen molar-refractivity contribution in [2.75, 3.05) is 13.1 Å². The lowest BCUT2D eigenvalue weighted by molar-refractivity contribution is 0.191. The number of benzene rings is 2. The molecule has 1 fully saturated rings. The molecule has 2 aromatic carbocycles. The fourth-order valence-electron chi connectivity index (χ4n) is 3.55. The summed E-state index contributed by atoms with van der Waals surface area (Å²) in [6.45, 7) is 2.19. The highest BCUT2D eigenvalue weighted by molar-refractivity contribution is 6.30. The van der Waals surface area contributed by atoms with Crippen molar-refractivity contribution in [3.05, 3.63) is 70.2 Å². The molecule has 0 aromatic heterocycles. The molecule has 1 saturated carbocycles. The zero-order chi connectivity index (χ0) is 16.6. The predicted molar refractivity (Wildman–Crippen MR) is 96.3 cm³/mol. The number of hydrogen-bond donors (Lipinski definition) is 1. The predicted octanol–water partition coefficient (Wildman–Crippen LogP) is 4.14. The molecule has 24 heavy (non-hydrogen) atoms. The van der Waals surface area contributed by atoms with E-state index in [1.165, 1.54) is 16.7 Å². The molecule has 2 amide bonds. The molecular weight excluding hydrogens is 320 g/mol. The van der Waals surface area contributed by atoms with Crippen LogP contribution >= 0.6 is 11.6 Å². The monoisotopic (exact) mass is 340 g/mol. The van der Waals surface area contributed by atoms with Gasteiger partial charge in [0.05, 0.1) is 0 Å². The van der Waals surface area contributed by atoms with Gasteiger partial charge in [0.15, 0.2) is 0 Å². The largest absolute Gasteiger partial charge is 0.337 e. The summed E-state index contributed by atoms with van der Waals surface area (Å²) in [7, 11) is 0. The first kappa shape index (κ1) is 15.5. The second kappa shape index (κ2) is 6.14. The van der Waals surface area contributed by atoms with Gasteiger partial charge in [0.1, 0.15) is 0 Å². The summed E-state index contributed by atoms with van der Waals surface area (Å²) >= 11 is 5.98. The molecular formula is C20H21ClN2O. The van der Waals surface area contributed by atoms with E-state index in [0.29, 0.717) is 13.1 Å². The summed E-state index contributed by atoms with van der Waals surface area (Å²) < 4.78 is 0. The standard InChI is InChI=1S/C20H21ClN2O/c21-18-7-5-17(6-8-18)20(10-11-20)14-22-19(24)23-12-9-15-3-1-2-4-16(15)13-23/h1-8H,9-14H2,(H,22,24). The quantitative estimate of drug-likeness (QED) is 0.894. The lowest BCUT2D eigenvalue weighted by atomic mass is 9.96. The number of nitrogens with zero attached hydrogens (tertiary/aromatic N) is 1. The number of hydrogen-bond acceptors (Lipinski definition) is 1. The molecule has 0 atom stereocenters. The molecule has 1 N–H and O–H groups in total. The van der Waals surface area contributed by atoms with Gasteiger partial charge in [-0.2, -0.15) is 0 Å². The van der Waals surface area contributed by atoms with Crippen LogP contribution in [0.4, 0.5) is 4.79 Å². The normalized spacial score (nSPS) is 18.0. The smallest absolute Gasteiger partial charge is 0.317 e. The third kappa shape index (κ3) is 3.01. The van der Waals surface area contributed by atoms with Gasteiger partial charge in [-0.15, -0.1) is 0 Å². The zero-order valence-electron chi connectivity index (χ0n) is 13.6. The minimum absolute atomic E-state index is 0.0461. The molecule has 1 aliphatic carbocycles. The van der Waals surface area contributed by atoms with Crippen LogP contribution in [0.2, 0.25) is 5.02 Å². The Morgan fingerprint density at radius 1 is 1.08 bits per heavy atom. The van der Waals surface area contributed by atoms with Crippen molar-refractivity contribution >= 4 is 17.6 Å². The van der Waals surface area contributed by atoms with Crippen LogP contribution in [0, 0.1) is 0 Å². The lowest BCUT2D eigenvalue weighted by Crippen LogP contribution is -2.45. The molecule has 0 radical (unpaired) electrons. The summed E-state index contributed by atoms with van der Waals surface area (Å²) in [5.41, 5.74) is 4.00. The fourth-order valence-corrected chi connectivity index (χ4v) is 3.67.